The zero-order chi connectivity index (χ0) is 18.3. The molecule has 0 aromatic carbocycles. The van der Waals surface area contributed by atoms with E-state index in [0.29, 0.717) is 18.4 Å². The lowest BCUT2D eigenvalue weighted by Gasteiger charge is -2.29. The Morgan fingerprint density at radius 3 is 2.42 bits per heavy atom. The SMILES string of the molecule is CO[C@H]1O[C@H](OC)[C@@](O)(CC/C=C(\C)CC/C=C(\C)C(=O)O)[C@@H]1O. The van der Waals surface area contributed by atoms with E-state index in [1.807, 2.05) is 13.0 Å². The number of hydrogen-bond donors (Lipinski definition) is 3. The van der Waals surface area contributed by atoms with Crippen LogP contribution in [0, 0.1) is 0 Å². The molecule has 0 unspecified atom stereocenters. The molecule has 1 fully saturated rings. The smallest absolute Gasteiger partial charge is 0.330 e. The molecular formula is C17H28O7. The maximum atomic E-state index is 10.7. The fraction of sp³-hybridized carbons (Fsp3) is 0.706. The molecule has 1 rings (SSSR count). The van der Waals surface area contributed by atoms with Gasteiger partial charge in [-0.05, 0) is 39.5 Å². The molecule has 0 radical (unpaired) electrons. The van der Waals surface area contributed by atoms with Crippen molar-refractivity contribution in [2.24, 2.45) is 0 Å². The zero-order valence-corrected chi connectivity index (χ0v) is 14.7. The monoisotopic (exact) mass is 344 g/mol. The number of aliphatic hydroxyl groups is 2. The van der Waals surface area contributed by atoms with Gasteiger partial charge in [0.1, 0.15) is 11.7 Å². The van der Waals surface area contributed by atoms with E-state index in [2.05, 4.69) is 0 Å². The van der Waals surface area contributed by atoms with E-state index in [9.17, 15) is 15.0 Å². The summed E-state index contributed by atoms with van der Waals surface area (Å²) >= 11 is 0. The fourth-order valence-corrected chi connectivity index (χ4v) is 2.65. The Morgan fingerprint density at radius 1 is 1.21 bits per heavy atom. The first kappa shape index (κ1) is 20.8. The third-order valence-electron chi connectivity index (χ3n) is 4.25. The molecule has 0 aromatic rings. The molecular weight excluding hydrogens is 316 g/mol. The summed E-state index contributed by atoms with van der Waals surface area (Å²) in [4.78, 5) is 10.7. The van der Waals surface area contributed by atoms with Crippen molar-refractivity contribution in [2.75, 3.05) is 14.2 Å². The van der Waals surface area contributed by atoms with Crippen LogP contribution < -0.4 is 0 Å². The second kappa shape index (κ2) is 9.29. The molecule has 0 aromatic heterocycles. The predicted molar refractivity (Wildman–Crippen MR) is 87.3 cm³/mol. The van der Waals surface area contributed by atoms with Gasteiger partial charge in [-0.3, -0.25) is 0 Å². The summed E-state index contributed by atoms with van der Waals surface area (Å²) in [6, 6.07) is 0. The van der Waals surface area contributed by atoms with Crippen molar-refractivity contribution in [3.8, 4) is 0 Å². The first-order chi connectivity index (χ1) is 11.3. The lowest BCUT2D eigenvalue weighted by molar-refractivity contribution is -0.219. The van der Waals surface area contributed by atoms with Gasteiger partial charge in [0, 0.05) is 19.8 Å². The molecule has 1 aliphatic rings. The number of allylic oxidation sites excluding steroid dienone is 3. The van der Waals surface area contributed by atoms with E-state index in [0.717, 1.165) is 12.0 Å². The van der Waals surface area contributed by atoms with Crippen molar-refractivity contribution < 1.29 is 34.3 Å². The molecule has 138 valence electrons. The number of ether oxygens (including phenoxy) is 3. The van der Waals surface area contributed by atoms with E-state index >= 15 is 0 Å². The Labute approximate surface area is 142 Å². The molecule has 1 aliphatic heterocycles. The number of rotatable bonds is 9. The molecule has 24 heavy (non-hydrogen) atoms. The molecule has 7 nitrogen and oxygen atoms in total. The van der Waals surface area contributed by atoms with Crippen LogP contribution >= 0.6 is 0 Å². The first-order valence-electron chi connectivity index (χ1n) is 7.93. The Balaban J connectivity index is 2.55. The van der Waals surface area contributed by atoms with E-state index in [4.69, 9.17) is 19.3 Å². The molecule has 0 saturated carbocycles. The molecule has 0 aliphatic carbocycles. The largest absolute Gasteiger partial charge is 0.478 e. The quantitative estimate of drug-likeness (QED) is 0.431. The Hall–Kier alpha value is -1.25. The second-order valence-corrected chi connectivity index (χ2v) is 6.06. The molecule has 0 amide bonds. The summed E-state index contributed by atoms with van der Waals surface area (Å²) in [6.07, 6.45) is 2.74. The Kier molecular flexibility index (Phi) is 8.05. The van der Waals surface area contributed by atoms with Crippen LogP contribution in [0.15, 0.2) is 23.3 Å². The van der Waals surface area contributed by atoms with Crippen LogP contribution in [0.3, 0.4) is 0 Å². The summed E-state index contributed by atoms with van der Waals surface area (Å²) in [5.74, 6) is -0.910. The van der Waals surface area contributed by atoms with Crippen molar-refractivity contribution in [3.05, 3.63) is 23.3 Å². The van der Waals surface area contributed by atoms with Crippen molar-refractivity contribution in [1.29, 1.82) is 0 Å². The minimum Gasteiger partial charge on any atom is -0.478 e. The van der Waals surface area contributed by atoms with Gasteiger partial charge in [0.15, 0.2) is 12.6 Å². The van der Waals surface area contributed by atoms with Gasteiger partial charge in [-0.15, -0.1) is 0 Å². The number of carboxylic acid groups (broad SMARTS) is 1. The summed E-state index contributed by atoms with van der Waals surface area (Å²) in [5.41, 5.74) is -0.123. The normalized spacial score (nSPS) is 31.5. The van der Waals surface area contributed by atoms with Crippen LogP contribution in [0.2, 0.25) is 0 Å². The Bertz CT molecular complexity index is 481. The van der Waals surface area contributed by atoms with Gasteiger partial charge in [0.25, 0.3) is 0 Å². The van der Waals surface area contributed by atoms with Crippen molar-refractivity contribution in [1.82, 2.24) is 0 Å². The van der Waals surface area contributed by atoms with Gasteiger partial charge in [-0.1, -0.05) is 17.7 Å². The maximum absolute atomic E-state index is 10.7. The van der Waals surface area contributed by atoms with Gasteiger partial charge < -0.3 is 29.5 Å². The van der Waals surface area contributed by atoms with Crippen LogP contribution in [0.1, 0.15) is 39.5 Å². The van der Waals surface area contributed by atoms with Gasteiger partial charge >= 0.3 is 5.97 Å². The first-order valence-corrected chi connectivity index (χ1v) is 7.93. The summed E-state index contributed by atoms with van der Waals surface area (Å²) in [7, 11) is 2.79. The molecule has 0 bridgehead atoms. The van der Waals surface area contributed by atoms with Crippen LogP contribution in [0.4, 0.5) is 0 Å². The zero-order valence-electron chi connectivity index (χ0n) is 14.7. The Morgan fingerprint density at radius 2 is 1.88 bits per heavy atom. The van der Waals surface area contributed by atoms with Gasteiger partial charge in [-0.2, -0.15) is 0 Å². The topological polar surface area (TPSA) is 105 Å². The van der Waals surface area contributed by atoms with Gasteiger partial charge in [0.05, 0.1) is 0 Å². The highest BCUT2D eigenvalue weighted by Crippen LogP contribution is 2.35. The average Bonchev–Trinajstić information content (AvgIpc) is 2.78. The fourth-order valence-electron chi connectivity index (χ4n) is 2.65. The van der Waals surface area contributed by atoms with Crippen LogP contribution in [-0.2, 0) is 19.0 Å². The van der Waals surface area contributed by atoms with E-state index < -0.39 is 30.3 Å². The number of methoxy groups -OCH3 is 2. The van der Waals surface area contributed by atoms with Crippen molar-refractivity contribution >= 4 is 5.97 Å². The lowest BCUT2D eigenvalue weighted by atomic mass is 9.91. The second-order valence-electron chi connectivity index (χ2n) is 6.06. The highest BCUT2D eigenvalue weighted by atomic mass is 16.8. The molecule has 0 spiro atoms. The maximum Gasteiger partial charge on any atom is 0.330 e. The van der Waals surface area contributed by atoms with Crippen LogP contribution in [0.25, 0.3) is 0 Å². The van der Waals surface area contributed by atoms with E-state index in [1.165, 1.54) is 14.2 Å². The van der Waals surface area contributed by atoms with Gasteiger partial charge in [0.2, 0.25) is 0 Å². The number of hydrogen-bond acceptors (Lipinski definition) is 6. The number of aliphatic hydroxyl groups excluding tert-OH is 1. The molecule has 7 heteroatoms. The third kappa shape index (κ3) is 5.12. The number of aliphatic carboxylic acids is 1. The lowest BCUT2D eigenvalue weighted by Crippen LogP contribution is -2.49. The number of carbonyl (C=O) groups is 1. The highest BCUT2D eigenvalue weighted by Gasteiger charge is 2.55. The standard InChI is InChI=1S/C17H28O7/c1-11(7-5-9-12(2)14(19)20)8-6-10-17(21)13(18)15(22-3)24-16(17)23-4/h8-9,13,15-16,18,21H,5-7,10H2,1-4H3,(H,19,20)/b11-8+,12-9+/t13-,15+,16+,17-/m1/s1. The van der Waals surface area contributed by atoms with Crippen LogP contribution in [0.5, 0.6) is 0 Å². The van der Waals surface area contributed by atoms with Crippen LogP contribution in [-0.4, -0.2) is 59.8 Å². The summed E-state index contributed by atoms with van der Waals surface area (Å²) in [6.45, 7) is 3.51. The van der Waals surface area contributed by atoms with Crippen molar-refractivity contribution in [2.45, 2.75) is 63.8 Å². The summed E-state index contributed by atoms with van der Waals surface area (Å²) < 4.78 is 15.4. The molecule has 1 heterocycles. The molecule has 1 saturated heterocycles. The van der Waals surface area contributed by atoms with Gasteiger partial charge in [-0.25, -0.2) is 4.79 Å². The molecule has 4 atom stereocenters. The minimum absolute atomic E-state index is 0.258. The van der Waals surface area contributed by atoms with E-state index in [-0.39, 0.29) is 6.42 Å². The van der Waals surface area contributed by atoms with E-state index in [1.54, 1.807) is 13.0 Å². The van der Waals surface area contributed by atoms with Crippen molar-refractivity contribution in [3.63, 3.8) is 0 Å². The summed E-state index contributed by atoms with van der Waals surface area (Å²) in [5, 5.41) is 29.6. The average molecular weight is 344 g/mol. The minimum atomic E-state index is -1.54. The third-order valence-corrected chi connectivity index (χ3v) is 4.25. The predicted octanol–water partition coefficient (Wildman–Crippen LogP) is 1.59. The number of carboxylic acids is 1. The highest BCUT2D eigenvalue weighted by molar-refractivity contribution is 5.85. The molecule has 3 N–H and O–H groups in total.